The van der Waals surface area contributed by atoms with E-state index in [0.29, 0.717) is 23.7 Å². The Morgan fingerprint density at radius 1 is 0.864 bits per heavy atom. The summed E-state index contributed by atoms with van der Waals surface area (Å²) in [6.07, 6.45) is 12.4. The minimum atomic E-state index is -0.343. The van der Waals surface area contributed by atoms with Gasteiger partial charge in [-0.15, -0.1) is 0 Å². The molecule has 0 radical (unpaired) electrons. The smallest absolute Gasteiger partial charge is 0.302 e. The standard InChI is InChI=1S/C40H59NO3/c1-24-11-12-29(23-26(24)3)41-35(43)40-20-15-25(2)27(4)34(40)30-13-14-32-37(8)18-17-33(44-28(5)42)36(6,7)31(37)16-19-39(32,10)38(30,9)21-22-40/h11-13,23,25,27,31-34H,14-22H2,1-10H3,(H,41,43)/t25-,27+,31+,32-,33+,34+,37+,38-,39-,40+/m1/s1. The average Bonchev–Trinajstić information content (AvgIpc) is 2.94. The fraction of sp³-hybridized carbons (Fsp3) is 0.750. The highest BCUT2D eigenvalue weighted by Gasteiger charge is 2.69. The number of rotatable bonds is 3. The SMILES string of the molecule is CC(=O)O[C@H]1CC[C@]2(C)[C@H]3CC=C4[C@@H]5[C@@H](C)[C@H](C)CC[C@]5(C(=O)Nc5ccc(C)c(C)c5)CC[C@@]4(C)[C@]3(C)CC[C@H]2C1(C)C. The van der Waals surface area contributed by atoms with Gasteiger partial charge in [-0.1, -0.05) is 66.2 Å². The molecule has 1 amide bonds. The number of aryl methyl sites for hydroxylation is 2. The fourth-order valence-corrected chi connectivity index (χ4v) is 12.3. The number of amides is 1. The number of hydrogen-bond acceptors (Lipinski definition) is 3. The van der Waals surface area contributed by atoms with Gasteiger partial charge in [0.1, 0.15) is 6.10 Å². The van der Waals surface area contributed by atoms with Gasteiger partial charge in [0, 0.05) is 18.0 Å². The lowest BCUT2D eigenvalue weighted by Gasteiger charge is -2.71. The Balaban J connectivity index is 1.37. The van der Waals surface area contributed by atoms with E-state index in [1.165, 1.54) is 24.0 Å². The van der Waals surface area contributed by atoms with Crippen molar-refractivity contribution in [3.8, 4) is 0 Å². The van der Waals surface area contributed by atoms with Gasteiger partial charge in [0.2, 0.25) is 5.91 Å². The van der Waals surface area contributed by atoms with Crippen molar-refractivity contribution in [2.75, 3.05) is 5.32 Å². The van der Waals surface area contributed by atoms with Crippen LogP contribution in [0.5, 0.6) is 0 Å². The zero-order chi connectivity index (χ0) is 32.0. The van der Waals surface area contributed by atoms with E-state index >= 15 is 0 Å². The molecule has 0 spiro atoms. The molecular formula is C40H59NO3. The molecule has 1 aromatic rings. The molecule has 4 heteroatoms. The largest absolute Gasteiger partial charge is 0.462 e. The predicted octanol–water partition coefficient (Wildman–Crippen LogP) is 9.83. The van der Waals surface area contributed by atoms with Crippen molar-refractivity contribution >= 4 is 17.6 Å². The summed E-state index contributed by atoms with van der Waals surface area (Å²) in [5.74, 6) is 2.61. The van der Waals surface area contributed by atoms with Crippen molar-refractivity contribution in [3.63, 3.8) is 0 Å². The number of carbonyl (C=O) groups excluding carboxylic acids is 2. The predicted molar refractivity (Wildman–Crippen MR) is 179 cm³/mol. The fourth-order valence-electron chi connectivity index (χ4n) is 12.3. The molecular weight excluding hydrogens is 542 g/mol. The highest BCUT2D eigenvalue weighted by Crippen LogP contribution is 2.76. The molecule has 0 aliphatic heterocycles. The second kappa shape index (κ2) is 10.5. The van der Waals surface area contributed by atoms with Crippen LogP contribution in [0.4, 0.5) is 5.69 Å². The Bertz CT molecular complexity index is 1380. The van der Waals surface area contributed by atoms with Gasteiger partial charge in [-0.2, -0.15) is 0 Å². The van der Waals surface area contributed by atoms with Crippen LogP contribution in [0.25, 0.3) is 0 Å². The molecule has 242 valence electrons. The lowest BCUT2D eigenvalue weighted by molar-refractivity contribution is -0.212. The topological polar surface area (TPSA) is 55.4 Å². The van der Waals surface area contributed by atoms with Crippen LogP contribution in [-0.4, -0.2) is 18.0 Å². The van der Waals surface area contributed by atoms with E-state index in [1.54, 1.807) is 12.5 Å². The molecule has 5 aliphatic carbocycles. The molecule has 10 atom stereocenters. The maximum atomic E-state index is 14.6. The van der Waals surface area contributed by atoms with Gasteiger partial charge >= 0.3 is 5.97 Å². The molecule has 4 fully saturated rings. The number of carbonyl (C=O) groups is 2. The van der Waals surface area contributed by atoms with Crippen molar-refractivity contribution in [3.05, 3.63) is 41.0 Å². The monoisotopic (exact) mass is 601 g/mol. The Morgan fingerprint density at radius 2 is 1.59 bits per heavy atom. The number of hydrogen-bond donors (Lipinski definition) is 1. The van der Waals surface area contributed by atoms with Crippen molar-refractivity contribution in [1.82, 2.24) is 0 Å². The number of nitrogens with one attached hydrogen (secondary N) is 1. The third-order valence-corrected chi connectivity index (χ3v) is 15.5. The molecule has 44 heavy (non-hydrogen) atoms. The minimum Gasteiger partial charge on any atom is -0.462 e. The van der Waals surface area contributed by atoms with E-state index in [4.69, 9.17) is 4.74 Å². The van der Waals surface area contributed by atoms with E-state index in [9.17, 15) is 9.59 Å². The van der Waals surface area contributed by atoms with Crippen LogP contribution in [0.1, 0.15) is 124 Å². The maximum Gasteiger partial charge on any atom is 0.302 e. The molecule has 4 saturated carbocycles. The number of allylic oxidation sites excluding steroid dienone is 2. The van der Waals surface area contributed by atoms with Crippen molar-refractivity contribution in [2.24, 2.45) is 56.7 Å². The second-order valence-corrected chi connectivity index (χ2v) is 17.5. The Kier molecular flexibility index (Phi) is 7.57. The van der Waals surface area contributed by atoms with E-state index < -0.39 is 0 Å². The molecule has 1 aromatic carbocycles. The quantitative estimate of drug-likeness (QED) is 0.277. The van der Waals surface area contributed by atoms with Crippen molar-refractivity contribution in [1.29, 1.82) is 0 Å². The molecule has 1 N–H and O–H groups in total. The van der Waals surface area contributed by atoms with Gasteiger partial charge in [-0.3, -0.25) is 9.59 Å². The Labute approximate surface area is 267 Å². The summed E-state index contributed by atoms with van der Waals surface area (Å²) in [5.41, 5.74) is 5.14. The number of fused-ring (bicyclic) bond motifs is 7. The first-order valence-electron chi connectivity index (χ1n) is 17.8. The zero-order valence-corrected chi connectivity index (χ0v) is 29.4. The number of ether oxygens (including phenoxy) is 1. The lowest BCUT2D eigenvalue weighted by atomic mass is 9.33. The molecule has 5 aliphatic rings. The van der Waals surface area contributed by atoms with Crippen LogP contribution < -0.4 is 5.32 Å². The summed E-state index contributed by atoms with van der Waals surface area (Å²) in [6.45, 7) is 23.2. The molecule has 0 heterocycles. The van der Waals surface area contributed by atoms with Crippen molar-refractivity contribution < 1.29 is 14.3 Å². The number of anilines is 1. The molecule has 6 rings (SSSR count). The maximum absolute atomic E-state index is 14.6. The molecule has 0 unspecified atom stereocenters. The highest BCUT2D eigenvalue weighted by molar-refractivity contribution is 5.96. The van der Waals surface area contributed by atoms with E-state index in [-0.39, 0.29) is 51.0 Å². The Morgan fingerprint density at radius 3 is 2.27 bits per heavy atom. The van der Waals surface area contributed by atoms with Crippen LogP contribution in [0.3, 0.4) is 0 Å². The molecule has 4 nitrogen and oxygen atoms in total. The van der Waals surface area contributed by atoms with Gasteiger partial charge in [-0.05, 0) is 141 Å². The van der Waals surface area contributed by atoms with Gasteiger partial charge in [0.15, 0.2) is 0 Å². The molecule has 0 aromatic heterocycles. The van der Waals surface area contributed by atoms with Crippen LogP contribution in [0, 0.1) is 70.5 Å². The van der Waals surface area contributed by atoms with Crippen LogP contribution in [0.15, 0.2) is 29.8 Å². The number of esters is 1. The third-order valence-electron chi connectivity index (χ3n) is 15.5. The third kappa shape index (κ3) is 4.34. The highest BCUT2D eigenvalue weighted by atomic mass is 16.5. The van der Waals surface area contributed by atoms with Gasteiger partial charge in [0.25, 0.3) is 0 Å². The van der Waals surface area contributed by atoms with Crippen LogP contribution in [0.2, 0.25) is 0 Å². The van der Waals surface area contributed by atoms with E-state index in [2.05, 4.69) is 91.9 Å². The summed E-state index contributed by atoms with van der Waals surface area (Å²) in [4.78, 5) is 26.6. The summed E-state index contributed by atoms with van der Waals surface area (Å²) in [7, 11) is 0. The van der Waals surface area contributed by atoms with Gasteiger partial charge in [0.05, 0.1) is 5.41 Å². The zero-order valence-electron chi connectivity index (χ0n) is 29.4. The summed E-state index contributed by atoms with van der Waals surface area (Å²) in [6, 6.07) is 6.35. The first-order valence-corrected chi connectivity index (χ1v) is 17.8. The normalized spacial score (nSPS) is 44.2. The van der Waals surface area contributed by atoms with E-state index in [1.807, 2.05) is 0 Å². The molecule has 0 bridgehead atoms. The first kappa shape index (κ1) is 31.9. The molecule has 0 saturated heterocycles. The second-order valence-electron chi connectivity index (χ2n) is 17.5. The van der Waals surface area contributed by atoms with E-state index in [0.717, 1.165) is 50.6 Å². The lowest BCUT2D eigenvalue weighted by Crippen LogP contribution is -2.65. The summed E-state index contributed by atoms with van der Waals surface area (Å²) in [5, 5.41) is 3.45. The van der Waals surface area contributed by atoms with Crippen molar-refractivity contribution in [2.45, 2.75) is 133 Å². The minimum absolute atomic E-state index is 0.00316. The van der Waals surface area contributed by atoms with Crippen LogP contribution >= 0.6 is 0 Å². The average molecular weight is 602 g/mol. The summed E-state index contributed by atoms with van der Waals surface area (Å²) >= 11 is 0. The number of benzene rings is 1. The Hall–Kier alpha value is -2.10. The van der Waals surface area contributed by atoms with Gasteiger partial charge in [-0.25, -0.2) is 0 Å². The summed E-state index contributed by atoms with van der Waals surface area (Å²) < 4.78 is 5.95. The van der Waals surface area contributed by atoms with Gasteiger partial charge < -0.3 is 10.1 Å². The van der Waals surface area contributed by atoms with Crippen LogP contribution in [-0.2, 0) is 14.3 Å². The first-order chi connectivity index (χ1) is 20.5.